The van der Waals surface area contributed by atoms with Crippen LogP contribution in [0.1, 0.15) is 29.5 Å². The first-order valence-electron chi connectivity index (χ1n) is 7.81. The van der Waals surface area contributed by atoms with Crippen molar-refractivity contribution in [2.45, 2.75) is 19.3 Å². The maximum absolute atomic E-state index is 13.3. The third kappa shape index (κ3) is 2.19. The normalized spacial score (nSPS) is 20.7. The van der Waals surface area contributed by atoms with Crippen LogP contribution in [0, 0.1) is 17.7 Å². The lowest BCUT2D eigenvalue weighted by Crippen LogP contribution is -2.19. The van der Waals surface area contributed by atoms with Crippen LogP contribution in [0.4, 0.5) is 4.39 Å². The molecule has 2 aromatic rings. The number of hydrogen-bond acceptors (Lipinski definition) is 1. The quantitative estimate of drug-likeness (QED) is 0.766. The number of hydrogen-bond donors (Lipinski definition) is 0. The van der Waals surface area contributed by atoms with Gasteiger partial charge >= 0.3 is 0 Å². The second kappa shape index (κ2) is 5.20. The molecule has 2 aliphatic carbocycles. The Hall–Kier alpha value is -2.22. The number of aldehydes is 1. The number of carbonyl (C=O) groups excluding carboxylic acids is 1. The first kappa shape index (κ1) is 13.4. The van der Waals surface area contributed by atoms with Crippen molar-refractivity contribution in [2.75, 3.05) is 0 Å². The smallest absolute Gasteiger partial charge is 0.146 e. The Balaban J connectivity index is 1.94. The minimum Gasteiger partial charge on any atom is -0.298 e. The molecule has 0 heterocycles. The molecule has 0 spiro atoms. The van der Waals surface area contributed by atoms with E-state index in [1.807, 2.05) is 6.07 Å². The Morgan fingerprint density at radius 3 is 2.41 bits per heavy atom. The first-order chi connectivity index (χ1) is 10.8. The summed E-state index contributed by atoms with van der Waals surface area (Å²) in [5.41, 5.74) is 5.24. The summed E-state index contributed by atoms with van der Waals surface area (Å²) in [5.74, 6) is 0.691. The molecule has 1 saturated carbocycles. The Kier molecular flexibility index (Phi) is 3.18. The Morgan fingerprint density at radius 2 is 1.73 bits per heavy atom. The molecule has 0 amide bonds. The van der Waals surface area contributed by atoms with Crippen LogP contribution in [0.25, 0.3) is 5.57 Å². The molecule has 2 aliphatic rings. The van der Waals surface area contributed by atoms with Gasteiger partial charge in [-0.2, -0.15) is 0 Å². The fourth-order valence-corrected chi connectivity index (χ4v) is 3.63. The summed E-state index contributed by atoms with van der Waals surface area (Å²) in [5, 5.41) is 0. The van der Waals surface area contributed by atoms with E-state index in [1.165, 1.54) is 30.5 Å². The van der Waals surface area contributed by atoms with Crippen LogP contribution >= 0.6 is 0 Å². The molecule has 4 rings (SSSR count). The Morgan fingerprint density at radius 1 is 1.00 bits per heavy atom. The molecule has 0 radical (unpaired) electrons. The zero-order chi connectivity index (χ0) is 15.1. The summed E-state index contributed by atoms with van der Waals surface area (Å²) in [6.45, 7) is 0. The SMILES string of the molecule is O=CC1=C(c2ccc(F)cc2)c2ccccc2CC1C1CC1. The number of fused-ring (bicyclic) bond motifs is 1. The lowest BCUT2D eigenvalue weighted by atomic mass is 9.75. The van der Waals surface area contributed by atoms with Crippen molar-refractivity contribution in [3.8, 4) is 0 Å². The zero-order valence-corrected chi connectivity index (χ0v) is 12.3. The highest BCUT2D eigenvalue weighted by molar-refractivity contribution is 5.97. The topological polar surface area (TPSA) is 17.1 Å². The second-order valence-corrected chi connectivity index (χ2v) is 6.26. The van der Waals surface area contributed by atoms with Gasteiger partial charge in [0.05, 0.1) is 0 Å². The van der Waals surface area contributed by atoms with E-state index >= 15 is 0 Å². The molecule has 1 nitrogen and oxygen atoms in total. The average molecular weight is 292 g/mol. The summed E-state index contributed by atoms with van der Waals surface area (Å²) in [4.78, 5) is 11.8. The van der Waals surface area contributed by atoms with Crippen LogP contribution in [0.2, 0.25) is 0 Å². The van der Waals surface area contributed by atoms with Gasteiger partial charge in [-0.1, -0.05) is 36.4 Å². The predicted molar refractivity (Wildman–Crippen MR) is 84.8 cm³/mol. The highest BCUT2D eigenvalue weighted by Gasteiger charge is 2.38. The summed E-state index contributed by atoms with van der Waals surface area (Å²) in [6.07, 6.45) is 4.39. The third-order valence-corrected chi connectivity index (χ3v) is 4.87. The molecule has 1 fully saturated rings. The van der Waals surface area contributed by atoms with E-state index < -0.39 is 0 Å². The van der Waals surface area contributed by atoms with Gasteiger partial charge in [0.15, 0.2) is 0 Å². The molecule has 1 atom stereocenters. The van der Waals surface area contributed by atoms with Crippen LogP contribution in [-0.2, 0) is 11.2 Å². The fraction of sp³-hybridized carbons (Fsp3) is 0.250. The highest BCUT2D eigenvalue weighted by atomic mass is 19.1. The first-order valence-corrected chi connectivity index (χ1v) is 7.81. The van der Waals surface area contributed by atoms with Crippen molar-refractivity contribution in [1.29, 1.82) is 0 Å². The van der Waals surface area contributed by atoms with E-state index in [0.717, 1.165) is 35.0 Å². The lowest BCUT2D eigenvalue weighted by molar-refractivity contribution is -0.105. The second-order valence-electron chi connectivity index (χ2n) is 6.26. The van der Waals surface area contributed by atoms with Crippen LogP contribution in [0.3, 0.4) is 0 Å². The van der Waals surface area contributed by atoms with E-state index in [9.17, 15) is 9.18 Å². The van der Waals surface area contributed by atoms with Gasteiger partial charge in [-0.3, -0.25) is 4.79 Å². The summed E-state index contributed by atoms with van der Waals surface area (Å²) >= 11 is 0. The fourth-order valence-electron chi connectivity index (χ4n) is 3.63. The van der Waals surface area contributed by atoms with Crippen molar-refractivity contribution in [3.63, 3.8) is 0 Å². The highest BCUT2D eigenvalue weighted by Crippen LogP contribution is 2.48. The molecule has 110 valence electrons. The maximum Gasteiger partial charge on any atom is 0.146 e. The van der Waals surface area contributed by atoms with Crippen LogP contribution in [0.5, 0.6) is 0 Å². The number of allylic oxidation sites excluding steroid dienone is 1. The molecular formula is C20H17FO. The molecule has 0 saturated heterocycles. The number of rotatable bonds is 3. The monoisotopic (exact) mass is 292 g/mol. The minimum atomic E-state index is -0.250. The molecule has 0 N–H and O–H groups in total. The van der Waals surface area contributed by atoms with Crippen molar-refractivity contribution in [1.82, 2.24) is 0 Å². The molecule has 2 aromatic carbocycles. The van der Waals surface area contributed by atoms with Crippen LogP contribution < -0.4 is 0 Å². The molecule has 22 heavy (non-hydrogen) atoms. The standard InChI is InChI=1S/C20H17FO/c21-16-9-7-14(8-10-16)20-17-4-2-1-3-15(17)11-18(13-5-6-13)19(20)12-22/h1-4,7-10,12-13,18H,5-6,11H2. The van der Waals surface area contributed by atoms with Gasteiger partial charge in [0.1, 0.15) is 12.1 Å². The van der Waals surface area contributed by atoms with Gasteiger partial charge in [-0.25, -0.2) is 4.39 Å². The van der Waals surface area contributed by atoms with Crippen molar-refractivity contribution >= 4 is 11.9 Å². The van der Waals surface area contributed by atoms with E-state index in [4.69, 9.17) is 0 Å². The van der Waals surface area contributed by atoms with Crippen molar-refractivity contribution in [2.24, 2.45) is 11.8 Å². The summed E-state index contributed by atoms with van der Waals surface area (Å²) in [6, 6.07) is 14.8. The third-order valence-electron chi connectivity index (χ3n) is 4.87. The summed E-state index contributed by atoms with van der Waals surface area (Å²) in [7, 11) is 0. The van der Waals surface area contributed by atoms with Crippen molar-refractivity contribution < 1.29 is 9.18 Å². The Bertz CT molecular complexity index is 754. The molecular weight excluding hydrogens is 275 g/mol. The molecule has 0 bridgehead atoms. The van der Waals surface area contributed by atoms with Crippen LogP contribution in [0.15, 0.2) is 54.1 Å². The number of halogens is 1. The minimum absolute atomic E-state index is 0.250. The molecule has 2 heteroatoms. The van der Waals surface area contributed by atoms with Gasteiger partial charge in [-0.15, -0.1) is 0 Å². The number of carbonyl (C=O) groups is 1. The van der Waals surface area contributed by atoms with Crippen LogP contribution in [-0.4, -0.2) is 6.29 Å². The zero-order valence-electron chi connectivity index (χ0n) is 12.3. The van der Waals surface area contributed by atoms with Gasteiger partial charge in [0.2, 0.25) is 0 Å². The van der Waals surface area contributed by atoms with E-state index in [0.29, 0.717) is 11.8 Å². The number of benzene rings is 2. The van der Waals surface area contributed by atoms with Gasteiger partial charge in [0.25, 0.3) is 0 Å². The Labute approximate surface area is 129 Å². The molecule has 1 unspecified atom stereocenters. The van der Waals surface area contributed by atoms with E-state index in [2.05, 4.69) is 18.2 Å². The molecule has 0 aliphatic heterocycles. The largest absolute Gasteiger partial charge is 0.298 e. The molecule has 0 aromatic heterocycles. The maximum atomic E-state index is 13.3. The van der Waals surface area contributed by atoms with Crippen molar-refractivity contribution in [3.05, 3.63) is 76.6 Å². The lowest BCUT2D eigenvalue weighted by Gasteiger charge is -2.28. The van der Waals surface area contributed by atoms with E-state index in [1.54, 1.807) is 12.1 Å². The van der Waals surface area contributed by atoms with Gasteiger partial charge < -0.3 is 0 Å². The summed E-state index contributed by atoms with van der Waals surface area (Å²) < 4.78 is 13.3. The van der Waals surface area contributed by atoms with Gasteiger partial charge in [-0.05, 0) is 65.5 Å². The average Bonchev–Trinajstić information content (AvgIpc) is 3.39. The predicted octanol–water partition coefficient (Wildman–Crippen LogP) is 4.41. The van der Waals surface area contributed by atoms with Gasteiger partial charge in [0, 0.05) is 5.57 Å². The van der Waals surface area contributed by atoms with E-state index in [-0.39, 0.29) is 5.82 Å².